The smallest absolute Gasteiger partial charge is 0.304 e. The van der Waals surface area contributed by atoms with E-state index in [2.05, 4.69) is 21.3 Å². The number of carboxylic acid groups (broad SMARTS) is 1. The molecule has 5 amide bonds. The van der Waals surface area contributed by atoms with Gasteiger partial charge in [0.1, 0.15) is 23.6 Å². The van der Waals surface area contributed by atoms with E-state index in [-0.39, 0.29) is 61.1 Å². The molecule has 6 rings (SSSR count). The monoisotopic (exact) mass is 1140 g/mol. The molecule has 0 saturated heterocycles. The van der Waals surface area contributed by atoms with Crippen molar-refractivity contribution in [3.05, 3.63) is 192 Å². The van der Waals surface area contributed by atoms with Crippen molar-refractivity contribution in [2.24, 2.45) is 22.7 Å². The lowest BCUT2D eigenvalue weighted by Gasteiger charge is -2.32. The Morgan fingerprint density at radius 1 is 0.482 bits per heavy atom. The number of carbonyl (C=O) groups excluding carboxylic acids is 5. The fraction of sp³-hybridized carbons (Fsp3) is 0.364. The second kappa shape index (κ2) is 31.7. The van der Waals surface area contributed by atoms with Crippen LogP contribution in [0.25, 0.3) is 0 Å². The van der Waals surface area contributed by atoms with Crippen LogP contribution < -0.4 is 36.2 Å². The molecule has 6 aromatic rings. The van der Waals surface area contributed by atoms with Gasteiger partial charge < -0.3 is 35.8 Å². The third-order valence-corrected chi connectivity index (χ3v) is 13.8. The van der Waals surface area contributed by atoms with Gasteiger partial charge in [0.15, 0.2) is 23.1 Å². The third kappa shape index (κ3) is 21.8. The molecule has 0 aliphatic rings. The van der Waals surface area contributed by atoms with Gasteiger partial charge in [0, 0.05) is 18.3 Å². The zero-order chi connectivity index (χ0) is 60.7. The van der Waals surface area contributed by atoms with E-state index in [1.807, 2.05) is 128 Å². The molecule has 15 nitrogen and oxygen atoms in total. The number of halogens is 2. The topological polar surface area (TPSA) is 221 Å². The van der Waals surface area contributed by atoms with Crippen LogP contribution in [0, 0.1) is 34.3 Å². The molecule has 6 atom stereocenters. The lowest BCUT2D eigenvalue weighted by Crippen LogP contribution is -2.55. The number of aliphatic carboxylic acids is 1. The van der Waals surface area contributed by atoms with Crippen LogP contribution in [-0.2, 0) is 41.6 Å². The Hall–Kier alpha value is -8.44. The van der Waals surface area contributed by atoms with Crippen LogP contribution in [0.3, 0.4) is 0 Å². The summed E-state index contributed by atoms with van der Waals surface area (Å²) in [4.78, 5) is 76.8. The largest absolute Gasteiger partial charge is 0.481 e. The maximum atomic E-state index is 14.7. The van der Waals surface area contributed by atoms with Gasteiger partial charge in [0.25, 0.3) is 0 Å². The van der Waals surface area contributed by atoms with Gasteiger partial charge in [-0.15, -0.1) is 0 Å². The minimum Gasteiger partial charge on any atom is -0.481 e. The Balaban J connectivity index is 0.000000304. The third-order valence-electron chi connectivity index (χ3n) is 13.8. The van der Waals surface area contributed by atoms with Crippen molar-refractivity contribution < 1.29 is 57.3 Å². The Morgan fingerprint density at radius 2 is 0.831 bits per heavy atom. The molecule has 0 aromatic heterocycles. The van der Waals surface area contributed by atoms with Gasteiger partial charge in [-0.2, -0.15) is 0 Å². The van der Waals surface area contributed by atoms with Crippen LogP contribution in [-0.4, -0.2) is 57.9 Å². The second-order valence-corrected chi connectivity index (χ2v) is 22.8. The molecule has 6 aromatic carbocycles. The Morgan fingerprint density at radius 3 is 1.16 bits per heavy atom. The van der Waals surface area contributed by atoms with Crippen molar-refractivity contribution in [2.45, 2.75) is 131 Å². The molecule has 0 radical (unpaired) electrons. The van der Waals surface area contributed by atoms with Crippen molar-refractivity contribution in [3.8, 4) is 23.0 Å². The van der Waals surface area contributed by atoms with Crippen molar-refractivity contribution >= 4 is 35.5 Å². The van der Waals surface area contributed by atoms with Crippen molar-refractivity contribution in [3.63, 3.8) is 0 Å². The summed E-state index contributed by atoms with van der Waals surface area (Å²) >= 11 is 0. The molecule has 0 heterocycles. The summed E-state index contributed by atoms with van der Waals surface area (Å²) < 4.78 is 40.5. The summed E-state index contributed by atoms with van der Waals surface area (Å²) in [6.07, 6.45) is 1.73. The second-order valence-electron chi connectivity index (χ2n) is 22.8. The van der Waals surface area contributed by atoms with E-state index in [9.17, 15) is 42.7 Å². The van der Waals surface area contributed by atoms with Crippen molar-refractivity contribution in [1.82, 2.24) is 26.7 Å². The van der Waals surface area contributed by atoms with Crippen LogP contribution >= 0.6 is 0 Å². The summed E-state index contributed by atoms with van der Waals surface area (Å²) in [6, 6.07) is 43.9. The lowest BCUT2D eigenvalue weighted by molar-refractivity contribution is -0.142. The van der Waals surface area contributed by atoms with E-state index < -0.39 is 70.1 Å². The van der Waals surface area contributed by atoms with Gasteiger partial charge in [0.05, 0.1) is 18.5 Å². The first-order chi connectivity index (χ1) is 39.4. The number of hydrogen-bond acceptors (Lipinski definition) is 9. The number of para-hydroxylation sites is 2. The molecule has 0 aliphatic heterocycles. The molecule has 0 saturated carbocycles. The zero-order valence-corrected chi connectivity index (χ0v) is 48.5. The van der Waals surface area contributed by atoms with Crippen molar-refractivity contribution in [2.75, 3.05) is 0 Å². The average Bonchev–Trinajstić information content (AvgIpc) is 3.55. The number of hydroxylamine groups is 1. The Bertz CT molecular complexity index is 3050. The molecule has 0 bridgehead atoms. The quantitative estimate of drug-likeness (QED) is 0.0201. The number of amides is 5. The zero-order valence-electron chi connectivity index (χ0n) is 48.5. The van der Waals surface area contributed by atoms with Gasteiger partial charge in [-0.1, -0.05) is 151 Å². The highest BCUT2D eigenvalue weighted by molar-refractivity contribution is 5.92. The molecule has 0 spiro atoms. The predicted molar refractivity (Wildman–Crippen MR) is 314 cm³/mol. The minimum absolute atomic E-state index is 0.106. The normalized spacial score (nSPS) is 13.4. The standard InChI is InChI=1S/C33H40FN3O5.C33H39FN2O5/c1-22(24-13-7-5-8-14-24)35-32(40)30(33(2,3)4)36-31(39)25(21-29(38)37-41)15-11-12-23-18-19-28(27(34)20-23)42-26-16-9-6-10-17-26;1-22(24-13-7-5-8-14-24)35-32(40)30(33(2,3)4)36-31(39)25(21-29(37)38)15-11-12-23-18-19-28(27(34)20-23)41-26-16-9-6-10-17-26/h5-10,13-14,16-20,22,25,30,41H,11-12,15,21H2,1-4H3,(H,35,40)(H,36,39)(H,37,38);5-10,13-14,16-20,22,25,30H,11-12,15,21H2,1-4H3,(H,35,40)(H,36,39)(H,37,38)/t22?,25-,30-;22-,25-,30-/m11/s1. The Labute approximate surface area is 485 Å². The highest BCUT2D eigenvalue weighted by atomic mass is 19.1. The SMILES string of the molecule is CC(NC(=O)[C@@H](NC(=O)[C@H](CCCc1ccc(Oc2ccccc2)c(F)c1)CC(=O)NO)C(C)(C)C)c1ccccc1.C[C@@H](NC(=O)[C@@H](NC(=O)[C@H](CCCc1ccc(Oc2ccccc2)c(F)c1)CC(=O)O)C(C)(C)C)c1ccccc1. The highest BCUT2D eigenvalue weighted by Gasteiger charge is 2.37. The maximum Gasteiger partial charge on any atom is 0.304 e. The summed E-state index contributed by atoms with van der Waals surface area (Å²) in [6.45, 7) is 14.8. The first-order valence-electron chi connectivity index (χ1n) is 27.9. The summed E-state index contributed by atoms with van der Waals surface area (Å²) in [5, 5.41) is 30.1. The number of ether oxygens (including phenoxy) is 2. The fourth-order valence-electron chi connectivity index (χ4n) is 9.15. The number of nitrogens with one attached hydrogen (secondary N) is 5. The van der Waals surface area contributed by atoms with Crippen LogP contribution in [0.2, 0.25) is 0 Å². The maximum absolute atomic E-state index is 14.7. The van der Waals surface area contributed by atoms with E-state index in [0.717, 1.165) is 11.1 Å². The van der Waals surface area contributed by atoms with Crippen LogP contribution in [0.4, 0.5) is 8.78 Å². The molecule has 0 fully saturated rings. The van der Waals surface area contributed by atoms with Gasteiger partial charge in [-0.3, -0.25) is 34.0 Å². The fourth-order valence-corrected chi connectivity index (χ4v) is 9.15. The van der Waals surface area contributed by atoms with Crippen LogP contribution in [0.1, 0.15) is 128 Å². The van der Waals surface area contributed by atoms with E-state index in [1.165, 1.54) is 12.1 Å². The number of aryl methyl sites for hydroxylation is 2. The molecule has 442 valence electrons. The number of rotatable bonds is 26. The Kier molecular flexibility index (Phi) is 25.0. The van der Waals surface area contributed by atoms with Gasteiger partial charge in [0.2, 0.25) is 29.5 Å². The number of carbonyl (C=O) groups is 6. The van der Waals surface area contributed by atoms with Gasteiger partial charge in [-0.05, 0) is 134 Å². The first kappa shape index (κ1) is 65.4. The molecule has 7 N–H and O–H groups in total. The average molecular weight is 1140 g/mol. The van der Waals surface area contributed by atoms with E-state index >= 15 is 0 Å². The number of benzene rings is 6. The first-order valence-corrected chi connectivity index (χ1v) is 27.9. The lowest BCUT2D eigenvalue weighted by atomic mass is 9.85. The molecular weight excluding hydrogens is 1060 g/mol. The highest BCUT2D eigenvalue weighted by Crippen LogP contribution is 2.30. The molecule has 83 heavy (non-hydrogen) atoms. The minimum atomic E-state index is -1.10. The summed E-state index contributed by atoms with van der Waals surface area (Å²) in [5.74, 6) is -4.87. The van der Waals surface area contributed by atoms with E-state index in [0.29, 0.717) is 48.3 Å². The molecule has 0 aliphatic carbocycles. The van der Waals surface area contributed by atoms with Crippen molar-refractivity contribution in [1.29, 1.82) is 0 Å². The predicted octanol–water partition coefficient (Wildman–Crippen LogP) is 12.3. The van der Waals surface area contributed by atoms with Gasteiger partial charge in [-0.25, -0.2) is 14.3 Å². The molecule has 1 unspecified atom stereocenters. The summed E-state index contributed by atoms with van der Waals surface area (Å²) in [7, 11) is 0. The molecular formula is C66H79F2N5O10. The van der Waals surface area contributed by atoms with Crippen LogP contribution in [0.5, 0.6) is 23.0 Å². The van der Waals surface area contributed by atoms with Crippen LogP contribution in [0.15, 0.2) is 158 Å². The van der Waals surface area contributed by atoms with Gasteiger partial charge >= 0.3 is 5.97 Å². The van der Waals surface area contributed by atoms with E-state index in [1.54, 1.807) is 78.3 Å². The summed E-state index contributed by atoms with van der Waals surface area (Å²) in [5.41, 5.74) is 3.61. The number of carboxylic acids is 1. The van der Waals surface area contributed by atoms with E-state index in [4.69, 9.17) is 14.7 Å². The molecule has 17 heteroatoms. The number of hydrogen-bond donors (Lipinski definition) is 7.